The van der Waals surface area contributed by atoms with Gasteiger partial charge in [0.25, 0.3) is 0 Å². The molecule has 5 heteroatoms. The monoisotopic (exact) mass is 249 g/mol. The molecule has 0 fully saturated rings. The second-order valence-electron chi connectivity index (χ2n) is 4.27. The molecule has 0 aliphatic rings. The van der Waals surface area contributed by atoms with Crippen LogP contribution in [0, 0.1) is 0 Å². The van der Waals surface area contributed by atoms with E-state index in [9.17, 15) is 0 Å². The first-order valence-electron chi connectivity index (χ1n) is 6.42. The van der Waals surface area contributed by atoms with E-state index in [1.54, 1.807) is 6.26 Å². The van der Waals surface area contributed by atoms with Crippen LogP contribution in [0.4, 0.5) is 0 Å². The number of aromatic nitrogens is 2. The summed E-state index contributed by atoms with van der Waals surface area (Å²) in [4.78, 5) is 6.66. The van der Waals surface area contributed by atoms with Gasteiger partial charge in [-0.3, -0.25) is 4.90 Å². The van der Waals surface area contributed by atoms with E-state index >= 15 is 0 Å². The van der Waals surface area contributed by atoms with E-state index in [1.165, 1.54) is 0 Å². The summed E-state index contributed by atoms with van der Waals surface area (Å²) in [5.74, 6) is 1.80. The number of nitrogens with zero attached hydrogens (tertiary/aromatic N) is 3. The van der Waals surface area contributed by atoms with E-state index in [0.29, 0.717) is 24.0 Å². The maximum atomic E-state index is 5.25. The third-order valence-corrected chi connectivity index (χ3v) is 2.65. The molecule has 0 saturated carbocycles. The van der Waals surface area contributed by atoms with E-state index in [4.69, 9.17) is 8.94 Å². The van der Waals surface area contributed by atoms with Crippen LogP contribution in [0.1, 0.15) is 32.6 Å². The minimum absolute atomic E-state index is 0.517. The van der Waals surface area contributed by atoms with Crippen LogP contribution in [0.2, 0.25) is 0 Å². The molecule has 98 valence electrons. The van der Waals surface area contributed by atoms with Gasteiger partial charge in [-0.1, -0.05) is 19.0 Å². The Hall–Kier alpha value is -1.62. The minimum Gasteiger partial charge on any atom is -0.461 e. The van der Waals surface area contributed by atoms with Crippen LogP contribution in [-0.4, -0.2) is 28.1 Å². The minimum atomic E-state index is 0.517. The lowest BCUT2D eigenvalue weighted by Crippen LogP contribution is -2.25. The summed E-state index contributed by atoms with van der Waals surface area (Å²) in [7, 11) is 0. The van der Waals surface area contributed by atoms with Crippen LogP contribution >= 0.6 is 0 Å². The maximum absolute atomic E-state index is 5.25. The highest BCUT2D eigenvalue weighted by Crippen LogP contribution is 2.16. The summed E-state index contributed by atoms with van der Waals surface area (Å²) < 4.78 is 10.5. The molecule has 2 aromatic rings. The van der Waals surface area contributed by atoms with Crippen molar-refractivity contribution in [1.82, 2.24) is 15.0 Å². The van der Waals surface area contributed by atoms with Crippen LogP contribution in [0.3, 0.4) is 0 Å². The molecule has 2 heterocycles. The molecule has 0 amide bonds. The van der Waals surface area contributed by atoms with Gasteiger partial charge in [0.2, 0.25) is 11.7 Å². The Morgan fingerprint density at radius 3 is 2.61 bits per heavy atom. The van der Waals surface area contributed by atoms with Gasteiger partial charge < -0.3 is 8.94 Å². The number of furan rings is 1. The van der Waals surface area contributed by atoms with Crippen molar-refractivity contribution in [1.29, 1.82) is 0 Å². The lowest BCUT2D eigenvalue weighted by Gasteiger charge is -2.18. The van der Waals surface area contributed by atoms with Gasteiger partial charge in [0.15, 0.2) is 5.76 Å². The quantitative estimate of drug-likeness (QED) is 0.755. The Morgan fingerprint density at radius 2 is 2.00 bits per heavy atom. The Kier molecular flexibility index (Phi) is 4.52. The summed E-state index contributed by atoms with van der Waals surface area (Å²) >= 11 is 0. The highest BCUT2D eigenvalue weighted by Gasteiger charge is 2.13. The van der Waals surface area contributed by atoms with Gasteiger partial charge in [0.05, 0.1) is 12.8 Å². The highest BCUT2D eigenvalue weighted by molar-refractivity contribution is 5.44. The second kappa shape index (κ2) is 6.35. The van der Waals surface area contributed by atoms with Gasteiger partial charge in [0.1, 0.15) is 0 Å². The van der Waals surface area contributed by atoms with E-state index in [-0.39, 0.29) is 0 Å². The molecule has 0 bridgehead atoms. The molecule has 5 nitrogen and oxygen atoms in total. The molecule has 0 spiro atoms. The molecule has 0 aliphatic carbocycles. The molecule has 0 atom stereocenters. The lowest BCUT2D eigenvalue weighted by atomic mass is 10.3. The van der Waals surface area contributed by atoms with Crippen molar-refractivity contribution in [3.8, 4) is 11.6 Å². The molecule has 2 aromatic heterocycles. The topological polar surface area (TPSA) is 55.3 Å². The standard InChI is InChI=1S/C13H19N3O2/c1-3-7-16(8-4-2)10-12-14-13(15-18-12)11-6-5-9-17-11/h5-6,9H,3-4,7-8,10H2,1-2H3. The lowest BCUT2D eigenvalue weighted by molar-refractivity contribution is 0.227. The first kappa shape index (κ1) is 12.8. The summed E-state index contributed by atoms with van der Waals surface area (Å²) in [5.41, 5.74) is 0. The average Bonchev–Trinajstić information content (AvgIpc) is 2.98. The fraction of sp³-hybridized carbons (Fsp3) is 0.538. The van der Waals surface area contributed by atoms with Gasteiger partial charge in [-0.05, 0) is 38.1 Å². The van der Waals surface area contributed by atoms with E-state index in [2.05, 4.69) is 28.9 Å². The summed E-state index contributed by atoms with van der Waals surface area (Å²) in [6, 6.07) is 3.64. The maximum Gasteiger partial charge on any atom is 0.241 e. The van der Waals surface area contributed by atoms with Crippen molar-refractivity contribution in [2.75, 3.05) is 13.1 Å². The van der Waals surface area contributed by atoms with E-state index in [0.717, 1.165) is 25.9 Å². The number of rotatable bonds is 7. The highest BCUT2D eigenvalue weighted by atomic mass is 16.5. The van der Waals surface area contributed by atoms with Crippen LogP contribution in [0.15, 0.2) is 27.3 Å². The number of hydrogen-bond donors (Lipinski definition) is 0. The van der Waals surface area contributed by atoms with Crippen LogP contribution in [0.5, 0.6) is 0 Å². The normalized spacial score (nSPS) is 11.3. The Bertz CT molecular complexity index is 445. The van der Waals surface area contributed by atoms with E-state index in [1.807, 2.05) is 12.1 Å². The predicted octanol–water partition coefficient (Wildman–Crippen LogP) is 2.95. The second-order valence-corrected chi connectivity index (χ2v) is 4.27. The Balaban J connectivity index is 2.01. The molecule has 2 rings (SSSR count). The first-order chi connectivity index (χ1) is 8.83. The van der Waals surface area contributed by atoms with E-state index < -0.39 is 0 Å². The fourth-order valence-electron chi connectivity index (χ4n) is 1.92. The van der Waals surface area contributed by atoms with Crippen molar-refractivity contribution >= 4 is 0 Å². The van der Waals surface area contributed by atoms with Gasteiger partial charge in [-0.25, -0.2) is 0 Å². The third-order valence-electron chi connectivity index (χ3n) is 2.65. The molecule has 0 aliphatic heterocycles. The van der Waals surface area contributed by atoms with Crippen LogP contribution in [0.25, 0.3) is 11.6 Å². The largest absolute Gasteiger partial charge is 0.461 e. The third kappa shape index (κ3) is 3.20. The SMILES string of the molecule is CCCN(CCC)Cc1nc(-c2ccco2)no1. The van der Waals surface area contributed by atoms with Crippen molar-refractivity contribution in [2.24, 2.45) is 0 Å². The van der Waals surface area contributed by atoms with Crippen LogP contribution in [-0.2, 0) is 6.54 Å². The average molecular weight is 249 g/mol. The molecule has 18 heavy (non-hydrogen) atoms. The molecular weight excluding hydrogens is 230 g/mol. The zero-order valence-electron chi connectivity index (χ0n) is 10.9. The summed E-state index contributed by atoms with van der Waals surface area (Å²) in [5, 5.41) is 3.93. The Morgan fingerprint density at radius 1 is 1.22 bits per heavy atom. The Labute approximate surface area is 107 Å². The predicted molar refractivity (Wildman–Crippen MR) is 67.9 cm³/mol. The molecule has 0 aromatic carbocycles. The van der Waals surface area contributed by atoms with Gasteiger partial charge in [-0.15, -0.1) is 0 Å². The van der Waals surface area contributed by atoms with Crippen molar-refractivity contribution in [3.05, 3.63) is 24.3 Å². The zero-order valence-corrected chi connectivity index (χ0v) is 10.9. The van der Waals surface area contributed by atoms with Crippen LogP contribution < -0.4 is 0 Å². The molecule has 0 radical (unpaired) electrons. The van der Waals surface area contributed by atoms with Gasteiger partial charge in [0, 0.05) is 0 Å². The summed E-state index contributed by atoms with van der Waals surface area (Å²) in [6.07, 6.45) is 3.85. The molecular formula is C13H19N3O2. The molecule has 0 saturated heterocycles. The van der Waals surface area contributed by atoms with Gasteiger partial charge >= 0.3 is 0 Å². The zero-order chi connectivity index (χ0) is 12.8. The van der Waals surface area contributed by atoms with Crippen molar-refractivity contribution in [2.45, 2.75) is 33.2 Å². The smallest absolute Gasteiger partial charge is 0.241 e. The molecule has 0 N–H and O–H groups in total. The first-order valence-corrected chi connectivity index (χ1v) is 6.42. The van der Waals surface area contributed by atoms with Crippen molar-refractivity contribution in [3.63, 3.8) is 0 Å². The summed E-state index contributed by atoms with van der Waals surface area (Å²) in [6.45, 7) is 7.14. The van der Waals surface area contributed by atoms with Crippen molar-refractivity contribution < 1.29 is 8.94 Å². The number of hydrogen-bond acceptors (Lipinski definition) is 5. The molecule has 0 unspecified atom stereocenters. The fourth-order valence-corrected chi connectivity index (χ4v) is 1.92. The van der Waals surface area contributed by atoms with Gasteiger partial charge in [-0.2, -0.15) is 4.98 Å².